The molecule has 0 bridgehead atoms. The third kappa shape index (κ3) is 3.93. The largest absolute Gasteiger partial charge is 0.375 e. The van der Waals surface area contributed by atoms with E-state index in [9.17, 15) is 4.79 Å². The molecule has 0 aliphatic heterocycles. The zero-order valence-corrected chi connectivity index (χ0v) is 13.4. The Labute approximate surface area is 120 Å². The lowest BCUT2D eigenvalue weighted by Gasteiger charge is -2.31. The third-order valence-corrected chi connectivity index (χ3v) is 4.19. The lowest BCUT2D eigenvalue weighted by Crippen LogP contribution is -2.42. The second kappa shape index (κ2) is 6.89. The van der Waals surface area contributed by atoms with E-state index in [1.165, 1.54) is 11.3 Å². The topological polar surface area (TPSA) is 59.2 Å². The highest BCUT2D eigenvalue weighted by molar-refractivity contribution is 7.17. The fourth-order valence-corrected chi connectivity index (χ4v) is 3.06. The molecular weight excluding hydrogens is 258 g/mol. The summed E-state index contributed by atoms with van der Waals surface area (Å²) in [6, 6.07) is 0.289. The second-order valence-corrected chi connectivity index (χ2v) is 6.32. The van der Waals surface area contributed by atoms with Crippen LogP contribution in [0.15, 0.2) is 0 Å². The molecule has 0 unspecified atom stereocenters. The molecular formula is C14H25N3OS. The predicted molar refractivity (Wildman–Crippen MR) is 81.5 cm³/mol. The molecule has 0 radical (unpaired) electrons. The summed E-state index contributed by atoms with van der Waals surface area (Å²) in [7, 11) is 0. The van der Waals surface area contributed by atoms with E-state index in [1.807, 2.05) is 11.8 Å². The molecule has 19 heavy (non-hydrogen) atoms. The van der Waals surface area contributed by atoms with Crippen molar-refractivity contribution in [3.8, 4) is 0 Å². The van der Waals surface area contributed by atoms with Gasteiger partial charge in [0.2, 0.25) is 0 Å². The molecule has 0 atom stereocenters. The minimum absolute atomic E-state index is 0.0779. The van der Waals surface area contributed by atoms with Gasteiger partial charge in [-0.2, -0.15) is 0 Å². The number of nitrogen functional groups attached to an aromatic ring is 1. The molecule has 4 nitrogen and oxygen atoms in total. The second-order valence-electron chi connectivity index (χ2n) is 5.29. The molecule has 0 spiro atoms. The van der Waals surface area contributed by atoms with Gasteiger partial charge in [-0.1, -0.05) is 39.0 Å². The molecule has 0 saturated heterocycles. The average molecular weight is 283 g/mol. The van der Waals surface area contributed by atoms with Crippen molar-refractivity contribution in [1.82, 2.24) is 9.88 Å². The van der Waals surface area contributed by atoms with Crippen molar-refractivity contribution in [3.63, 3.8) is 0 Å². The first-order valence-electron chi connectivity index (χ1n) is 6.94. The Hall–Kier alpha value is -1.10. The number of anilines is 1. The van der Waals surface area contributed by atoms with E-state index in [1.54, 1.807) is 0 Å². The molecule has 5 heteroatoms. The predicted octanol–water partition coefficient (Wildman–Crippen LogP) is 3.32. The van der Waals surface area contributed by atoms with Crippen molar-refractivity contribution in [1.29, 1.82) is 0 Å². The molecule has 1 aromatic heterocycles. The van der Waals surface area contributed by atoms with Gasteiger partial charge in [-0.15, -0.1) is 0 Å². The van der Waals surface area contributed by atoms with Crippen molar-refractivity contribution in [2.45, 2.75) is 53.5 Å². The van der Waals surface area contributed by atoms with Crippen LogP contribution in [0.2, 0.25) is 0 Å². The van der Waals surface area contributed by atoms with Gasteiger partial charge in [-0.25, -0.2) is 4.98 Å². The molecule has 1 heterocycles. The smallest absolute Gasteiger partial charge is 0.266 e. The van der Waals surface area contributed by atoms with Gasteiger partial charge in [0.25, 0.3) is 5.91 Å². The third-order valence-electron chi connectivity index (χ3n) is 3.21. The van der Waals surface area contributed by atoms with Gasteiger partial charge in [-0.05, 0) is 25.7 Å². The minimum atomic E-state index is 0.0779. The van der Waals surface area contributed by atoms with Crippen molar-refractivity contribution in [2.24, 2.45) is 5.92 Å². The van der Waals surface area contributed by atoms with E-state index in [2.05, 4.69) is 32.7 Å². The van der Waals surface area contributed by atoms with Crippen LogP contribution in [0.4, 0.5) is 5.13 Å². The average Bonchev–Trinajstić information content (AvgIpc) is 2.67. The number of nitrogens with two attached hydrogens (primary N) is 1. The van der Waals surface area contributed by atoms with Crippen molar-refractivity contribution in [3.05, 3.63) is 10.6 Å². The van der Waals surface area contributed by atoms with Crippen LogP contribution in [-0.2, 0) is 0 Å². The van der Waals surface area contributed by atoms with Gasteiger partial charge in [0.05, 0.1) is 5.69 Å². The van der Waals surface area contributed by atoms with Crippen LogP contribution in [0, 0.1) is 12.8 Å². The maximum absolute atomic E-state index is 12.7. The van der Waals surface area contributed by atoms with E-state index >= 15 is 0 Å². The number of hydrogen-bond donors (Lipinski definition) is 1. The lowest BCUT2D eigenvalue weighted by atomic mass is 10.1. The highest BCUT2D eigenvalue weighted by Crippen LogP contribution is 2.24. The fourth-order valence-electron chi connectivity index (χ4n) is 2.27. The maximum atomic E-state index is 12.7. The Balaban J connectivity index is 3.03. The number of carbonyl (C=O) groups is 1. The van der Waals surface area contributed by atoms with Crippen LogP contribution in [0.1, 0.15) is 55.9 Å². The van der Waals surface area contributed by atoms with Crippen LogP contribution in [-0.4, -0.2) is 28.4 Å². The Kier molecular flexibility index (Phi) is 5.79. The standard InChI is InChI=1S/C14H25N3OS/c1-6-11(7-2)17(8-9(3)4)13(18)12-10(5)16-14(15)19-12/h9,11H,6-8H2,1-5H3,(H2,15,16). The molecule has 0 fully saturated rings. The Bertz CT molecular complexity index is 424. The molecule has 0 aromatic carbocycles. The summed E-state index contributed by atoms with van der Waals surface area (Å²) in [6.45, 7) is 11.2. The summed E-state index contributed by atoms with van der Waals surface area (Å²) in [5.74, 6) is 0.532. The van der Waals surface area contributed by atoms with Crippen LogP contribution in [0.5, 0.6) is 0 Å². The number of hydrogen-bond acceptors (Lipinski definition) is 4. The summed E-state index contributed by atoms with van der Waals surface area (Å²) in [6.07, 6.45) is 1.95. The summed E-state index contributed by atoms with van der Waals surface area (Å²) < 4.78 is 0. The number of thiazole rings is 1. The van der Waals surface area contributed by atoms with Crippen molar-refractivity contribution in [2.75, 3.05) is 12.3 Å². The van der Waals surface area contributed by atoms with Crippen molar-refractivity contribution >= 4 is 22.4 Å². The molecule has 2 N–H and O–H groups in total. The summed E-state index contributed by atoms with van der Waals surface area (Å²) >= 11 is 1.29. The van der Waals surface area contributed by atoms with E-state index in [-0.39, 0.29) is 11.9 Å². The fraction of sp³-hybridized carbons (Fsp3) is 0.714. The monoisotopic (exact) mass is 283 g/mol. The first-order valence-corrected chi connectivity index (χ1v) is 7.76. The van der Waals surface area contributed by atoms with Gasteiger partial charge in [0.1, 0.15) is 4.88 Å². The zero-order valence-electron chi connectivity index (χ0n) is 12.6. The summed E-state index contributed by atoms with van der Waals surface area (Å²) in [4.78, 5) is 19.5. The zero-order chi connectivity index (χ0) is 14.6. The van der Waals surface area contributed by atoms with E-state index in [0.717, 1.165) is 25.1 Å². The van der Waals surface area contributed by atoms with E-state index < -0.39 is 0 Å². The quantitative estimate of drug-likeness (QED) is 0.871. The first kappa shape index (κ1) is 16.0. The molecule has 0 aliphatic rings. The maximum Gasteiger partial charge on any atom is 0.266 e. The molecule has 1 aromatic rings. The number of aryl methyl sites for hydroxylation is 1. The summed E-state index contributed by atoms with van der Waals surface area (Å²) in [5, 5.41) is 0.467. The van der Waals surface area contributed by atoms with Gasteiger partial charge >= 0.3 is 0 Å². The normalized spacial score (nSPS) is 11.3. The molecule has 1 rings (SSSR count). The van der Waals surface area contributed by atoms with Gasteiger partial charge in [0.15, 0.2) is 5.13 Å². The number of aromatic nitrogens is 1. The first-order chi connectivity index (χ1) is 8.90. The lowest BCUT2D eigenvalue weighted by molar-refractivity contribution is 0.0644. The number of rotatable bonds is 6. The highest BCUT2D eigenvalue weighted by Gasteiger charge is 2.26. The Morgan fingerprint density at radius 1 is 1.37 bits per heavy atom. The Morgan fingerprint density at radius 2 is 1.95 bits per heavy atom. The van der Waals surface area contributed by atoms with Gasteiger partial charge in [-0.3, -0.25) is 4.79 Å². The minimum Gasteiger partial charge on any atom is -0.375 e. The van der Waals surface area contributed by atoms with E-state index in [4.69, 9.17) is 5.73 Å². The van der Waals surface area contributed by atoms with Crippen molar-refractivity contribution < 1.29 is 4.79 Å². The summed E-state index contributed by atoms with van der Waals surface area (Å²) in [5.41, 5.74) is 6.44. The number of carbonyl (C=O) groups excluding carboxylic acids is 1. The number of amides is 1. The van der Waals surface area contributed by atoms with E-state index in [0.29, 0.717) is 15.9 Å². The number of nitrogens with zero attached hydrogens (tertiary/aromatic N) is 2. The highest BCUT2D eigenvalue weighted by atomic mass is 32.1. The Morgan fingerprint density at radius 3 is 2.32 bits per heavy atom. The molecule has 0 aliphatic carbocycles. The molecule has 0 saturated carbocycles. The SMILES string of the molecule is CCC(CC)N(CC(C)C)C(=O)c1sc(N)nc1C. The molecule has 108 valence electrons. The van der Waals surface area contributed by atoms with Crippen LogP contribution < -0.4 is 5.73 Å². The van der Waals surface area contributed by atoms with Crippen LogP contribution in [0.3, 0.4) is 0 Å². The van der Waals surface area contributed by atoms with Gasteiger partial charge < -0.3 is 10.6 Å². The van der Waals surface area contributed by atoms with Gasteiger partial charge in [0, 0.05) is 12.6 Å². The van der Waals surface area contributed by atoms with Crippen LogP contribution in [0.25, 0.3) is 0 Å². The molecule has 1 amide bonds. The van der Waals surface area contributed by atoms with Crippen LogP contribution >= 0.6 is 11.3 Å².